The van der Waals surface area contributed by atoms with E-state index < -0.39 is 15.9 Å². The van der Waals surface area contributed by atoms with Crippen LogP contribution in [0.4, 0.5) is 0 Å². The van der Waals surface area contributed by atoms with Crippen molar-refractivity contribution in [3.63, 3.8) is 0 Å². The van der Waals surface area contributed by atoms with Gasteiger partial charge in [-0.25, -0.2) is 9.71 Å². The van der Waals surface area contributed by atoms with Crippen LogP contribution in [0.25, 0.3) is 0 Å². The van der Waals surface area contributed by atoms with E-state index in [1.54, 1.807) is 4.72 Å². The maximum Gasteiger partial charge on any atom is 0.291 e. The number of nitrogens with zero attached hydrogens (tertiary/aromatic N) is 1. The molecule has 0 saturated carbocycles. The molecule has 0 atom stereocenters. The van der Waals surface area contributed by atoms with Gasteiger partial charge in [0.15, 0.2) is 0 Å². The lowest BCUT2D eigenvalue weighted by Crippen LogP contribution is -2.27. The van der Waals surface area contributed by atoms with Gasteiger partial charge in [-0.2, -0.15) is 8.42 Å². The zero-order valence-corrected chi connectivity index (χ0v) is 7.78. The Morgan fingerprint density at radius 1 is 1.67 bits per heavy atom. The summed E-state index contributed by atoms with van der Waals surface area (Å²) in [5, 5.41) is 1.52. The molecule has 1 heterocycles. The molecule has 0 aliphatic carbocycles. The topological polar surface area (TPSA) is 76.1 Å². The average Bonchev–Trinajstić information content (AvgIpc) is 2.32. The highest BCUT2D eigenvalue weighted by atomic mass is 32.2. The molecule has 1 amide bonds. The van der Waals surface area contributed by atoms with Crippen LogP contribution in [0.2, 0.25) is 0 Å². The third kappa shape index (κ3) is 2.02. The monoisotopic (exact) mass is 206 g/mol. The zero-order chi connectivity index (χ0) is 9.19. The number of nitrogens with one attached hydrogen (secondary N) is 1. The number of amides is 1. The first-order chi connectivity index (χ1) is 5.52. The summed E-state index contributed by atoms with van der Waals surface area (Å²) < 4.78 is 23.9. The lowest BCUT2D eigenvalue weighted by atomic mass is 10.8. The molecule has 0 spiro atoms. The number of rotatable bonds is 2. The number of carbonyl (C=O) groups excluding carboxylic acids is 1. The van der Waals surface area contributed by atoms with Gasteiger partial charge in [-0.1, -0.05) is 0 Å². The minimum atomic E-state index is -3.71. The lowest BCUT2D eigenvalue weighted by molar-refractivity contribution is -0.117. The Labute approximate surface area is 73.5 Å². The normalized spacial score (nSPS) is 11.1. The van der Waals surface area contributed by atoms with Crippen molar-refractivity contribution in [3.8, 4) is 0 Å². The van der Waals surface area contributed by atoms with Crippen molar-refractivity contribution < 1.29 is 13.2 Å². The lowest BCUT2D eigenvalue weighted by Gasteiger charge is -1.98. The number of sulfonamides is 1. The SMILES string of the molecule is CC(=O)NS(=O)(=O)c1nccs1. The molecule has 0 radical (unpaired) electrons. The van der Waals surface area contributed by atoms with Crippen LogP contribution in [0.5, 0.6) is 0 Å². The van der Waals surface area contributed by atoms with Crippen molar-refractivity contribution in [2.24, 2.45) is 0 Å². The van der Waals surface area contributed by atoms with Crippen molar-refractivity contribution in [3.05, 3.63) is 11.6 Å². The average molecular weight is 206 g/mol. The summed E-state index contributed by atoms with van der Waals surface area (Å²) in [5.41, 5.74) is 0. The zero-order valence-electron chi connectivity index (χ0n) is 6.14. The Bertz CT molecular complexity index is 367. The molecule has 1 aromatic rings. The van der Waals surface area contributed by atoms with Crippen molar-refractivity contribution in [2.45, 2.75) is 11.3 Å². The molecule has 0 aromatic carbocycles. The second-order valence-electron chi connectivity index (χ2n) is 1.96. The van der Waals surface area contributed by atoms with Crippen LogP contribution >= 0.6 is 11.3 Å². The summed E-state index contributed by atoms with van der Waals surface area (Å²) in [6.07, 6.45) is 1.36. The summed E-state index contributed by atoms with van der Waals surface area (Å²) in [5.74, 6) is -0.620. The summed E-state index contributed by atoms with van der Waals surface area (Å²) in [6.45, 7) is 1.13. The molecule has 66 valence electrons. The molecular formula is C5H6N2O3S2. The highest BCUT2D eigenvalue weighted by Gasteiger charge is 2.17. The molecule has 0 fully saturated rings. The van der Waals surface area contributed by atoms with Gasteiger partial charge in [0.1, 0.15) is 0 Å². The van der Waals surface area contributed by atoms with Crippen LogP contribution in [0, 0.1) is 0 Å². The van der Waals surface area contributed by atoms with Crippen molar-refractivity contribution >= 4 is 27.3 Å². The van der Waals surface area contributed by atoms with Crippen LogP contribution in [-0.2, 0) is 14.8 Å². The molecule has 1 rings (SSSR count). The van der Waals surface area contributed by atoms with Gasteiger partial charge in [0, 0.05) is 18.5 Å². The third-order valence-electron chi connectivity index (χ3n) is 0.918. The minimum absolute atomic E-state index is 0.0994. The molecule has 12 heavy (non-hydrogen) atoms. The number of hydrogen-bond acceptors (Lipinski definition) is 5. The highest BCUT2D eigenvalue weighted by molar-refractivity contribution is 7.92. The molecule has 1 N–H and O–H groups in total. The van der Waals surface area contributed by atoms with Crippen LogP contribution in [0.1, 0.15) is 6.92 Å². The Morgan fingerprint density at radius 2 is 2.33 bits per heavy atom. The molecule has 0 aliphatic rings. The van der Waals surface area contributed by atoms with Gasteiger partial charge in [-0.3, -0.25) is 4.79 Å². The molecular weight excluding hydrogens is 200 g/mol. The number of aromatic nitrogens is 1. The molecule has 7 heteroatoms. The van der Waals surface area contributed by atoms with Gasteiger partial charge in [0.2, 0.25) is 10.2 Å². The molecule has 0 saturated heterocycles. The van der Waals surface area contributed by atoms with Gasteiger partial charge in [0.25, 0.3) is 10.0 Å². The molecule has 5 nitrogen and oxygen atoms in total. The van der Waals surface area contributed by atoms with Crippen LogP contribution in [0.3, 0.4) is 0 Å². The number of carbonyl (C=O) groups is 1. The first kappa shape index (κ1) is 9.14. The Hall–Kier alpha value is -0.950. The number of thiazole rings is 1. The van der Waals surface area contributed by atoms with Crippen molar-refractivity contribution in [1.82, 2.24) is 9.71 Å². The van der Waals surface area contributed by atoms with Gasteiger partial charge < -0.3 is 0 Å². The molecule has 1 aromatic heterocycles. The summed E-state index contributed by atoms with van der Waals surface area (Å²) >= 11 is 0.958. The first-order valence-corrected chi connectivity index (χ1v) is 5.31. The number of hydrogen-bond donors (Lipinski definition) is 1. The van der Waals surface area contributed by atoms with E-state index in [1.807, 2.05) is 0 Å². The quantitative estimate of drug-likeness (QED) is 0.737. The van der Waals surface area contributed by atoms with Crippen molar-refractivity contribution in [2.75, 3.05) is 0 Å². The summed E-state index contributed by atoms with van der Waals surface area (Å²) in [4.78, 5) is 14.0. The molecule has 0 unspecified atom stereocenters. The van der Waals surface area contributed by atoms with Crippen LogP contribution < -0.4 is 4.72 Å². The van der Waals surface area contributed by atoms with Crippen molar-refractivity contribution in [1.29, 1.82) is 0 Å². The van der Waals surface area contributed by atoms with E-state index in [0.717, 1.165) is 18.3 Å². The van der Waals surface area contributed by atoms with E-state index in [0.29, 0.717) is 0 Å². The maximum absolute atomic E-state index is 11.1. The Kier molecular flexibility index (Phi) is 2.43. The van der Waals surface area contributed by atoms with Gasteiger partial charge in [-0.15, -0.1) is 11.3 Å². The third-order valence-corrected chi connectivity index (χ3v) is 3.55. The first-order valence-electron chi connectivity index (χ1n) is 2.95. The van der Waals surface area contributed by atoms with E-state index in [2.05, 4.69) is 4.98 Å². The maximum atomic E-state index is 11.1. The van der Waals surface area contributed by atoms with Gasteiger partial charge >= 0.3 is 0 Å². The van der Waals surface area contributed by atoms with Crippen LogP contribution in [0.15, 0.2) is 15.9 Å². The minimum Gasteiger partial charge on any atom is -0.274 e. The van der Waals surface area contributed by atoms with Crippen LogP contribution in [-0.4, -0.2) is 19.3 Å². The summed E-state index contributed by atoms with van der Waals surface area (Å²) in [7, 11) is -3.71. The van der Waals surface area contributed by atoms with E-state index >= 15 is 0 Å². The van der Waals surface area contributed by atoms with E-state index in [9.17, 15) is 13.2 Å². The predicted molar refractivity (Wildman–Crippen MR) is 43.1 cm³/mol. The van der Waals surface area contributed by atoms with E-state index in [-0.39, 0.29) is 4.34 Å². The second-order valence-corrected chi connectivity index (χ2v) is 4.71. The second kappa shape index (κ2) is 3.20. The predicted octanol–water partition coefficient (Wildman–Crippen LogP) is -0.0321. The fourth-order valence-corrected chi connectivity index (χ4v) is 2.40. The van der Waals surface area contributed by atoms with Gasteiger partial charge in [-0.05, 0) is 0 Å². The fraction of sp³-hybridized carbons (Fsp3) is 0.200. The van der Waals surface area contributed by atoms with Gasteiger partial charge in [0.05, 0.1) is 0 Å². The largest absolute Gasteiger partial charge is 0.291 e. The Balaban J connectivity index is 2.96. The smallest absolute Gasteiger partial charge is 0.274 e. The summed E-state index contributed by atoms with van der Waals surface area (Å²) in [6, 6.07) is 0. The Morgan fingerprint density at radius 3 is 2.75 bits per heavy atom. The van der Waals surface area contributed by atoms with E-state index in [1.165, 1.54) is 11.6 Å². The standard InChI is InChI=1S/C5H6N2O3S2/c1-4(8)7-12(9,10)5-6-2-3-11-5/h2-3H,1H3,(H,7,8). The fourth-order valence-electron chi connectivity index (χ4n) is 0.576. The molecule has 0 bridgehead atoms. The molecule has 0 aliphatic heterocycles. The van der Waals surface area contributed by atoms with E-state index in [4.69, 9.17) is 0 Å². The highest BCUT2D eigenvalue weighted by Crippen LogP contribution is 2.10.